The number of nitrogens with one attached hydrogen (secondary N) is 1. The van der Waals surface area contributed by atoms with Crippen molar-refractivity contribution in [1.82, 2.24) is 10.3 Å². The van der Waals surface area contributed by atoms with Gasteiger partial charge in [0.25, 0.3) is 0 Å². The fraction of sp³-hybridized carbons (Fsp3) is 0.357. The number of methoxy groups -OCH3 is 2. The van der Waals surface area contributed by atoms with Crippen LogP contribution in [0.15, 0.2) is 28.8 Å². The molecule has 0 aliphatic rings. The summed E-state index contributed by atoms with van der Waals surface area (Å²) < 4.78 is 16.2. The van der Waals surface area contributed by atoms with Crippen molar-refractivity contribution in [3.63, 3.8) is 0 Å². The fourth-order valence-electron chi connectivity index (χ4n) is 1.74. The molecule has 0 bridgehead atoms. The van der Waals surface area contributed by atoms with Gasteiger partial charge in [-0.1, -0.05) is 0 Å². The number of likely N-dealkylation sites (N-methyl/N-ethyl adjacent to an activating group) is 1. The van der Waals surface area contributed by atoms with Gasteiger partial charge in [0.05, 0.1) is 20.4 Å². The van der Waals surface area contributed by atoms with Crippen molar-refractivity contribution in [2.45, 2.75) is 6.42 Å². The predicted octanol–water partition coefficient (Wildman–Crippen LogP) is 2.12. The summed E-state index contributed by atoms with van der Waals surface area (Å²) in [5.41, 5.74) is 0.888. The van der Waals surface area contributed by atoms with Gasteiger partial charge in [0.2, 0.25) is 0 Å². The second-order valence-corrected chi connectivity index (χ2v) is 4.07. The third-order valence-electron chi connectivity index (χ3n) is 2.78. The molecule has 2 aromatic rings. The number of nitrogens with zero attached hydrogens (tertiary/aromatic N) is 1. The van der Waals surface area contributed by atoms with Crippen molar-refractivity contribution >= 4 is 0 Å². The van der Waals surface area contributed by atoms with Gasteiger partial charge in [-0.3, -0.25) is 0 Å². The Labute approximate surface area is 112 Å². The van der Waals surface area contributed by atoms with E-state index >= 15 is 0 Å². The van der Waals surface area contributed by atoms with Gasteiger partial charge < -0.3 is 19.2 Å². The van der Waals surface area contributed by atoms with Crippen LogP contribution in [0.1, 0.15) is 5.89 Å². The number of aromatic nitrogens is 1. The Balaban J connectivity index is 2.27. The van der Waals surface area contributed by atoms with Crippen LogP contribution in [0.25, 0.3) is 11.3 Å². The van der Waals surface area contributed by atoms with Crippen LogP contribution < -0.4 is 14.8 Å². The lowest BCUT2D eigenvalue weighted by Crippen LogP contribution is -2.10. The van der Waals surface area contributed by atoms with Crippen LogP contribution in [0, 0.1) is 0 Å². The van der Waals surface area contributed by atoms with Gasteiger partial charge in [0.15, 0.2) is 11.7 Å². The molecule has 5 nitrogen and oxygen atoms in total. The van der Waals surface area contributed by atoms with Gasteiger partial charge in [-0.2, -0.15) is 0 Å². The van der Waals surface area contributed by atoms with Crippen molar-refractivity contribution in [2.24, 2.45) is 0 Å². The standard InChI is InChI=1S/C14H18N2O3/c1-15-5-4-14-16-9-13(19-14)10-6-11(17-2)8-12(7-10)18-3/h6-9,15H,4-5H2,1-3H3. The Kier molecular flexibility index (Phi) is 4.41. The van der Waals surface area contributed by atoms with Crippen LogP contribution in [0.4, 0.5) is 0 Å². The van der Waals surface area contributed by atoms with E-state index in [0.29, 0.717) is 11.7 Å². The Morgan fingerprint density at radius 2 is 1.84 bits per heavy atom. The Hall–Kier alpha value is -2.01. The summed E-state index contributed by atoms with van der Waals surface area (Å²) in [7, 11) is 5.14. The molecule has 0 fully saturated rings. The molecule has 0 unspecified atom stereocenters. The molecule has 102 valence electrons. The maximum absolute atomic E-state index is 5.71. The van der Waals surface area contributed by atoms with E-state index in [4.69, 9.17) is 13.9 Å². The molecular formula is C14H18N2O3. The van der Waals surface area contributed by atoms with Crippen LogP contribution >= 0.6 is 0 Å². The number of hydrogen-bond acceptors (Lipinski definition) is 5. The molecule has 0 spiro atoms. The normalized spacial score (nSPS) is 10.5. The third kappa shape index (κ3) is 3.26. The number of benzene rings is 1. The number of rotatable bonds is 6. The van der Waals surface area contributed by atoms with Crippen LogP contribution in [-0.2, 0) is 6.42 Å². The number of hydrogen-bond donors (Lipinski definition) is 1. The third-order valence-corrected chi connectivity index (χ3v) is 2.78. The zero-order valence-electron chi connectivity index (χ0n) is 11.4. The van der Waals surface area contributed by atoms with E-state index in [9.17, 15) is 0 Å². The van der Waals surface area contributed by atoms with Gasteiger partial charge in [0, 0.05) is 24.6 Å². The van der Waals surface area contributed by atoms with Gasteiger partial charge >= 0.3 is 0 Å². The highest BCUT2D eigenvalue weighted by Crippen LogP contribution is 2.30. The first-order valence-electron chi connectivity index (χ1n) is 6.09. The summed E-state index contributed by atoms with van der Waals surface area (Å²) in [5, 5.41) is 3.06. The minimum absolute atomic E-state index is 0.711. The van der Waals surface area contributed by atoms with Gasteiger partial charge in [-0.15, -0.1) is 0 Å². The molecule has 1 aromatic carbocycles. The van der Waals surface area contributed by atoms with Gasteiger partial charge in [0.1, 0.15) is 11.5 Å². The first-order valence-corrected chi connectivity index (χ1v) is 6.09. The van der Waals surface area contributed by atoms with Crippen LogP contribution in [0.2, 0.25) is 0 Å². The average molecular weight is 262 g/mol. The van der Waals surface area contributed by atoms with E-state index in [0.717, 1.165) is 30.0 Å². The lowest BCUT2D eigenvalue weighted by Gasteiger charge is -2.06. The highest BCUT2D eigenvalue weighted by Gasteiger charge is 2.09. The molecule has 0 amide bonds. The topological polar surface area (TPSA) is 56.5 Å². The molecule has 5 heteroatoms. The lowest BCUT2D eigenvalue weighted by atomic mass is 10.1. The van der Waals surface area contributed by atoms with Crippen LogP contribution in [0.3, 0.4) is 0 Å². The Bertz CT molecular complexity index is 515. The summed E-state index contributed by atoms with van der Waals surface area (Å²) >= 11 is 0. The maximum atomic E-state index is 5.71. The summed E-state index contributed by atoms with van der Waals surface area (Å²) in [4.78, 5) is 4.25. The smallest absolute Gasteiger partial charge is 0.196 e. The lowest BCUT2D eigenvalue weighted by molar-refractivity contribution is 0.394. The molecule has 0 aliphatic carbocycles. The van der Waals surface area contributed by atoms with E-state index in [2.05, 4.69) is 10.3 Å². The van der Waals surface area contributed by atoms with Crippen molar-refractivity contribution in [1.29, 1.82) is 0 Å². The summed E-state index contributed by atoms with van der Waals surface area (Å²) in [6, 6.07) is 5.61. The fourth-order valence-corrected chi connectivity index (χ4v) is 1.74. The summed E-state index contributed by atoms with van der Waals surface area (Å²) in [5.74, 6) is 2.87. The van der Waals surface area contributed by atoms with Crippen LogP contribution in [0.5, 0.6) is 11.5 Å². The summed E-state index contributed by atoms with van der Waals surface area (Å²) in [6.45, 7) is 0.835. The SMILES string of the molecule is CNCCc1ncc(-c2cc(OC)cc(OC)c2)o1. The maximum Gasteiger partial charge on any atom is 0.196 e. The van der Waals surface area contributed by atoms with Crippen molar-refractivity contribution in [2.75, 3.05) is 27.8 Å². The van der Waals surface area contributed by atoms with Gasteiger partial charge in [-0.25, -0.2) is 4.98 Å². The first kappa shape index (κ1) is 13.4. The largest absolute Gasteiger partial charge is 0.497 e. The second-order valence-electron chi connectivity index (χ2n) is 4.07. The van der Waals surface area contributed by atoms with E-state index in [1.165, 1.54) is 0 Å². The predicted molar refractivity (Wildman–Crippen MR) is 72.7 cm³/mol. The molecule has 1 N–H and O–H groups in total. The minimum atomic E-state index is 0.711. The number of ether oxygens (including phenoxy) is 2. The molecule has 2 rings (SSSR count). The molecule has 0 radical (unpaired) electrons. The molecule has 0 saturated heterocycles. The highest BCUT2D eigenvalue weighted by atomic mass is 16.5. The molecule has 19 heavy (non-hydrogen) atoms. The van der Waals surface area contributed by atoms with E-state index in [-0.39, 0.29) is 0 Å². The average Bonchev–Trinajstić information content (AvgIpc) is 2.93. The summed E-state index contributed by atoms with van der Waals surface area (Å²) in [6.07, 6.45) is 2.48. The van der Waals surface area contributed by atoms with E-state index in [1.54, 1.807) is 20.4 Å². The van der Waals surface area contributed by atoms with Crippen molar-refractivity contribution < 1.29 is 13.9 Å². The first-order chi connectivity index (χ1) is 9.26. The zero-order chi connectivity index (χ0) is 13.7. The van der Waals surface area contributed by atoms with Crippen molar-refractivity contribution in [3.05, 3.63) is 30.3 Å². The Morgan fingerprint density at radius 3 is 2.42 bits per heavy atom. The van der Waals surface area contributed by atoms with Crippen LogP contribution in [-0.4, -0.2) is 32.8 Å². The van der Waals surface area contributed by atoms with Crippen molar-refractivity contribution in [3.8, 4) is 22.8 Å². The molecule has 0 atom stereocenters. The van der Waals surface area contributed by atoms with E-state index < -0.39 is 0 Å². The molecule has 1 heterocycles. The number of oxazole rings is 1. The molecule has 0 saturated carbocycles. The van der Waals surface area contributed by atoms with E-state index in [1.807, 2.05) is 25.2 Å². The zero-order valence-corrected chi connectivity index (χ0v) is 11.4. The Morgan fingerprint density at radius 1 is 1.16 bits per heavy atom. The second kappa shape index (κ2) is 6.24. The molecular weight excluding hydrogens is 244 g/mol. The molecule has 0 aliphatic heterocycles. The minimum Gasteiger partial charge on any atom is -0.497 e. The van der Waals surface area contributed by atoms with Gasteiger partial charge in [-0.05, 0) is 19.2 Å². The highest BCUT2D eigenvalue weighted by molar-refractivity contribution is 5.61. The molecule has 1 aromatic heterocycles. The quantitative estimate of drug-likeness (QED) is 0.864. The monoisotopic (exact) mass is 262 g/mol.